The van der Waals surface area contributed by atoms with E-state index >= 15 is 0 Å². The number of hydrogen-bond acceptors (Lipinski definition) is 2. The Morgan fingerprint density at radius 2 is 2.15 bits per heavy atom. The molecule has 1 atom stereocenters. The molecule has 1 fully saturated rings. The Morgan fingerprint density at radius 3 is 2.46 bits per heavy atom. The first kappa shape index (κ1) is 10.3. The number of rotatable bonds is 2. The van der Waals surface area contributed by atoms with Gasteiger partial charge in [-0.25, -0.2) is 0 Å². The zero-order valence-electron chi connectivity index (χ0n) is 6.82. The highest BCUT2D eigenvalue weighted by Crippen LogP contribution is 2.38. The molecule has 1 rings (SSSR count). The van der Waals surface area contributed by atoms with E-state index in [-0.39, 0.29) is 13.0 Å². The number of aliphatic carboxylic acids is 1. The zero-order chi connectivity index (χ0) is 10.1. The van der Waals surface area contributed by atoms with Gasteiger partial charge < -0.3 is 10.4 Å². The maximum Gasteiger partial charge on any atom is 0.390 e. The van der Waals surface area contributed by atoms with Crippen molar-refractivity contribution in [3.8, 4) is 0 Å². The van der Waals surface area contributed by atoms with Crippen LogP contribution in [0.2, 0.25) is 0 Å². The SMILES string of the molecule is O=C(O)C1(CC(F)(F)F)CCNC1. The van der Waals surface area contributed by atoms with Crippen LogP contribution in [0, 0.1) is 5.41 Å². The Kier molecular flexibility index (Phi) is 2.51. The van der Waals surface area contributed by atoms with Crippen LogP contribution in [0.4, 0.5) is 13.2 Å². The van der Waals surface area contributed by atoms with E-state index < -0.39 is 24.0 Å². The van der Waals surface area contributed by atoms with Crippen LogP contribution in [0.5, 0.6) is 0 Å². The van der Waals surface area contributed by atoms with Crippen molar-refractivity contribution in [2.75, 3.05) is 13.1 Å². The van der Waals surface area contributed by atoms with Crippen molar-refractivity contribution in [3.05, 3.63) is 0 Å². The van der Waals surface area contributed by atoms with Gasteiger partial charge in [0, 0.05) is 6.54 Å². The standard InChI is InChI=1S/C7H10F3NO2/c8-7(9,10)3-6(5(12)13)1-2-11-4-6/h11H,1-4H2,(H,12,13). The zero-order valence-corrected chi connectivity index (χ0v) is 6.82. The van der Waals surface area contributed by atoms with Gasteiger partial charge in [-0.3, -0.25) is 4.79 Å². The lowest BCUT2D eigenvalue weighted by molar-refractivity contribution is -0.176. The summed E-state index contributed by atoms with van der Waals surface area (Å²) in [5, 5.41) is 11.3. The summed E-state index contributed by atoms with van der Waals surface area (Å²) in [6.45, 7) is 0.240. The molecule has 0 radical (unpaired) electrons. The number of halogens is 3. The number of alkyl halides is 3. The fourth-order valence-electron chi connectivity index (χ4n) is 1.54. The molecule has 1 aliphatic rings. The average Bonchev–Trinajstić information content (AvgIpc) is 2.33. The minimum Gasteiger partial charge on any atom is -0.481 e. The molecule has 0 aromatic rings. The second kappa shape index (κ2) is 3.17. The highest BCUT2D eigenvalue weighted by Gasteiger charge is 2.49. The summed E-state index contributed by atoms with van der Waals surface area (Å²) in [7, 11) is 0. The van der Waals surface area contributed by atoms with Gasteiger partial charge in [-0.05, 0) is 13.0 Å². The summed E-state index contributed by atoms with van der Waals surface area (Å²) in [6.07, 6.45) is -5.62. The molecule has 0 spiro atoms. The monoisotopic (exact) mass is 197 g/mol. The summed E-state index contributed by atoms with van der Waals surface area (Å²) >= 11 is 0. The fourth-order valence-corrected chi connectivity index (χ4v) is 1.54. The molecular weight excluding hydrogens is 187 g/mol. The molecule has 0 aromatic heterocycles. The molecule has 3 nitrogen and oxygen atoms in total. The Bertz CT molecular complexity index is 208. The summed E-state index contributed by atoms with van der Waals surface area (Å²) < 4.78 is 36.1. The van der Waals surface area contributed by atoms with Gasteiger partial charge in [0.2, 0.25) is 0 Å². The van der Waals surface area contributed by atoms with Crippen molar-refractivity contribution >= 4 is 5.97 Å². The maximum atomic E-state index is 12.0. The van der Waals surface area contributed by atoms with Crippen molar-refractivity contribution < 1.29 is 23.1 Å². The number of nitrogens with one attached hydrogen (secondary N) is 1. The number of carbonyl (C=O) groups is 1. The molecule has 0 aliphatic carbocycles. The third-order valence-electron chi connectivity index (χ3n) is 2.24. The Balaban J connectivity index is 2.74. The van der Waals surface area contributed by atoms with Crippen LogP contribution in [0.3, 0.4) is 0 Å². The van der Waals surface area contributed by atoms with E-state index in [1.54, 1.807) is 0 Å². The molecule has 0 bridgehead atoms. The molecule has 1 heterocycles. The van der Waals surface area contributed by atoms with Gasteiger partial charge in [0.1, 0.15) is 0 Å². The lowest BCUT2D eigenvalue weighted by Crippen LogP contribution is -2.37. The van der Waals surface area contributed by atoms with Gasteiger partial charge in [0.05, 0.1) is 11.8 Å². The van der Waals surface area contributed by atoms with Crippen molar-refractivity contribution in [3.63, 3.8) is 0 Å². The van der Waals surface area contributed by atoms with E-state index in [9.17, 15) is 18.0 Å². The van der Waals surface area contributed by atoms with Crippen LogP contribution in [0.25, 0.3) is 0 Å². The third-order valence-corrected chi connectivity index (χ3v) is 2.24. The normalized spacial score (nSPS) is 29.2. The molecule has 13 heavy (non-hydrogen) atoms. The number of carboxylic acid groups (broad SMARTS) is 1. The van der Waals surface area contributed by atoms with Gasteiger partial charge in [-0.15, -0.1) is 0 Å². The van der Waals surface area contributed by atoms with E-state index in [4.69, 9.17) is 5.11 Å². The topological polar surface area (TPSA) is 49.3 Å². The molecular formula is C7H10F3NO2. The summed E-state index contributed by atoms with van der Waals surface area (Å²) in [5.41, 5.74) is -1.64. The van der Waals surface area contributed by atoms with Gasteiger partial charge in [-0.2, -0.15) is 13.2 Å². The minimum atomic E-state index is -4.41. The maximum absolute atomic E-state index is 12.0. The van der Waals surface area contributed by atoms with Crippen LogP contribution in [-0.4, -0.2) is 30.3 Å². The first-order valence-corrected chi connectivity index (χ1v) is 3.87. The van der Waals surface area contributed by atoms with Crippen LogP contribution >= 0.6 is 0 Å². The van der Waals surface area contributed by atoms with Crippen molar-refractivity contribution in [1.82, 2.24) is 5.32 Å². The van der Waals surface area contributed by atoms with E-state index in [2.05, 4.69) is 5.32 Å². The number of hydrogen-bond donors (Lipinski definition) is 2. The van der Waals surface area contributed by atoms with Crippen molar-refractivity contribution in [1.29, 1.82) is 0 Å². The molecule has 0 amide bonds. The van der Waals surface area contributed by atoms with Gasteiger partial charge in [0.15, 0.2) is 0 Å². The predicted molar refractivity (Wildman–Crippen MR) is 38.2 cm³/mol. The van der Waals surface area contributed by atoms with E-state index in [0.717, 1.165) is 0 Å². The second-order valence-corrected chi connectivity index (χ2v) is 3.30. The van der Waals surface area contributed by atoms with Gasteiger partial charge in [0.25, 0.3) is 0 Å². The Morgan fingerprint density at radius 1 is 1.54 bits per heavy atom. The smallest absolute Gasteiger partial charge is 0.390 e. The first-order valence-electron chi connectivity index (χ1n) is 3.87. The molecule has 2 N–H and O–H groups in total. The predicted octanol–water partition coefficient (Wildman–Crippen LogP) is 1.00. The molecule has 6 heteroatoms. The van der Waals surface area contributed by atoms with Crippen LogP contribution in [0.15, 0.2) is 0 Å². The fraction of sp³-hybridized carbons (Fsp3) is 0.857. The van der Waals surface area contributed by atoms with Gasteiger partial charge >= 0.3 is 12.1 Å². The molecule has 0 aromatic carbocycles. The Labute approximate surface area is 72.9 Å². The van der Waals surface area contributed by atoms with Crippen molar-refractivity contribution in [2.24, 2.45) is 5.41 Å². The minimum absolute atomic E-state index is 0.0435. The van der Waals surface area contributed by atoms with Gasteiger partial charge in [-0.1, -0.05) is 0 Å². The van der Waals surface area contributed by atoms with E-state index in [0.29, 0.717) is 6.54 Å². The molecule has 0 saturated carbocycles. The lowest BCUT2D eigenvalue weighted by Gasteiger charge is -2.23. The van der Waals surface area contributed by atoms with E-state index in [1.807, 2.05) is 0 Å². The van der Waals surface area contributed by atoms with Crippen LogP contribution in [0.1, 0.15) is 12.8 Å². The summed E-state index contributed by atoms with van der Waals surface area (Å²) in [4.78, 5) is 10.7. The van der Waals surface area contributed by atoms with Crippen LogP contribution < -0.4 is 5.32 Å². The van der Waals surface area contributed by atoms with Crippen molar-refractivity contribution in [2.45, 2.75) is 19.0 Å². The lowest BCUT2D eigenvalue weighted by atomic mass is 9.83. The molecule has 1 saturated heterocycles. The van der Waals surface area contributed by atoms with E-state index in [1.165, 1.54) is 0 Å². The molecule has 1 unspecified atom stereocenters. The molecule has 1 aliphatic heterocycles. The first-order chi connectivity index (χ1) is 5.86. The highest BCUT2D eigenvalue weighted by molar-refractivity contribution is 5.75. The summed E-state index contributed by atoms with van der Waals surface area (Å²) in [5.74, 6) is -1.37. The second-order valence-electron chi connectivity index (χ2n) is 3.30. The quantitative estimate of drug-likeness (QED) is 0.694. The average molecular weight is 197 g/mol. The van der Waals surface area contributed by atoms with Crippen LogP contribution in [-0.2, 0) is 4.79 Å². The third kappa shape index (κ3) is 2.33. The number of carboxylic acids is 1. The summed E-state index contributed by atoms with van der Waals surface area (Å²) in [6, 6.07) is 0. The molecule has 76 valence electrons. The Hall–Kier alpha value is -0.780. The highest BCUT2D eigenvalue weighted by atomic mass is 19.4. The largest absolute Gasteiger partial charge is 0.481 e.